The second kappa shape index (κ2) is 6.76. The Bertz CT molecular complexity index is 524. The zero-order valence-electron chi connectivity index (χ0n) is 10.3. The van der Waals surface area contributed by atoms with E-state index in [2.05, 4.69) is 38.6 Å². The van der Waals surface area contributed by atoms with E-state index in [4.69, 9.17) is 17.4 Å². The summed E-state index contributed by atoms with van der Waals surface area (Å²) in [5.74, 6) is 6.39. The lowest BCUT2D eigenvalue weighted by molar-refractivity contribution is 0.554. The number of halogens is 2. The predicted octanol–water partition coefficient (Wildman–Crippen LogP) is 3.13. The van der Waals surface area contributed by atoms with Crippen LogP contribution in [0.4, 0.5) is 0 Å². The van der Waals surface area contributed by atoms with Crippen LogP contribution in [0.1, 0.15) is 11.7 Å². The Morgan fingerprint density at radius 1 is 1.47 bits per heavy atom. The van der Waals surface area contributed by atoms with Gasteiger partial charge in [0.05, 0.1) is 23.0 Å². The number of nitrogens with one attached hydrogen (secondary N) is 1. The van der Waals surface area contributed by atoms with Gasteiger partial charge in [0, 0.05) is 22.2 Å². The fraction of sp³-hybridized carbons (Fsp3) is 0.250. The van der Waals surface area contributed by atoms with E-state index in [0.29, 0.717) is 5.02 Å². The van der Waals surface area contributed by atoms with Crippen LogP contribution >= 0.6 is 39.3 Å². The molecule has 0 aliphatic heterocycles. The van der Waals surface area contributed by atoms with Gasteiger partial charge in [-0.2, -0.15) is 5.10 Å². The quantitative estimate of drug-likeness (QED) is 0.488. The van der Waals surface area contributed by atoms with E-state index in [1.165, 1.54) is 4.90 Å². The maximum absolute atomic E-state index is 6.13. The molecule has 1 aromatic heterocycles. The van der Waals surface area contributed by atoms with Crippen molar-refractivity contribution < 1.29 is 0 Å². The van der Waals surface area contributed by atoms with Gasteiger partial charge < -0.3 is 0 Å². The molecule has 7 heteroatoms. The Labute approximate surface area is 129 Å². The van der Waals surface area contributed by atoms with Crippen molar-refractivity contribution >= 4 is 39.3 Å². The Balaban J connectivity index is 2.06. The van der Waals surface area contributed by atoms with Gasteiger partial charge in [0.2, 0.25) is 0 Å². The van der Waals surface area contributed by atoms with E-state index >= 15 is 0 Å². The predicted molar refractivity (Wildman–Crippen MR) is 83.1 cm³/mol. The maximum atomic E-state index is 6.13. The third-order valence-electron chi connectivity index (χ3n) is 2.70. The van der Waals surface area contributed by atoms with Crippen molar-refractivity contribution in [2.45, 2.75) is 10.9 Å². The average Bonchev–Trinajstić information content (AvgIpc) is 2.73. The van der Waals surface area contributed by atoms with Gasteiger partial charge in [0.25, 0.3) is 0 Å². The molecule has 0 saturated carbocycles. The highest BCUT2D eigenvalue weighted by atomic mass is 79.9. The lowest BCUT2D eigenvalue weighted by Crippen LogP contribution is -2.31. The van der Waals surface area contributed by atoms with Crippen molar-refractivity contribution in [3.8, 4) is 0 Å². The first-order valence-corrected chi connectivity index (χ1v) is 7.79. The highest BCUT2D eigenvalue weighted by molar-refractivity contribution is 9.10. The minimum Gasteiger partial charge on any atom is -0.271 e. The summed E-state index contributed by atoms with van der Waals surface area (Å²) in [6.45, 7) is 0. The number of aromatic nitrogens is 2. The molecular formula is C12H14BrClN4S. The first-order valence-electron chi connectivity index (χ1n) is 5.63. The molecule has 19 heavy (non-hydrogen) atoms. The van der Waals surface area contributed by atoms with Crippen LogP contribution in [0, 0.1) is 0 Å². The number of hydrogen-bond acceptors (Lipinski definition) is 4. The first kappa shape index (κ1) is 14.9. The van der Waals surface area contributed by atoms with E-state index in [1.807, 2.05) is 19.2 Å². The summed E-state index contributed by atoms with van der Waals surface area (Å²) in [5, 5.41) is 4.75. The molecule has 0 radical (unpaired) electrons. The number of benzene rings is 1. The molecule has 4 nitrogen and oxygen atoms in total. The van der Waals surface area contributed by atoms with Gasteiger partial charge >= 0.3 is 0 Å². The zero-order chi connectivity index (χ0) is 13.8. The third kappa shape index (κ3) is 3.73. The van der Waals surface area contributed by atoms with Gasteiger partial charge in [-0.3, -0.25) is 16.0 Å². The van der Waals surface area contributed by atoms with Gasteiger partial charge in [-0.05, 0) is 24.3 Å². The zero-order valence-corrected chi connectivity index (χ0v) is 13.5. The first-order chi connectivity index (χ1) is 9.11. The molecule has 102 valence electrons. The molecule has 1 atom stereocenters. The Morgan fingerprint density at radius 3 is 2.68 bits per heavy atom. The SMILES string of the molecule is Cn1ncc(Cl)c1C(CSc1ccc(Br)cc1)NN. The van der Waals surface area contributed by atoms with E-state index in [1.54, 1.807) is 22.6 Å². The van der Waals surface area contributed by atoms with Crippen LogP contribution in [0.25, 0.3) is 0 Å². The lowest BCUT2D eigenvalue weighted by Gasteiger charge is -2.16. The molecule has 3 N–H and O–H groups in total. The summed E-state index contributed by atoms with van der Waals surface area (Å²) in [7, 11) is 1.86. The van der Waals surface area contributed by atoms with Crippen molar-refractivity contribution in [3.63, 3.8) is 0 Å². The fourth-order valence-electron chi connectivity index (χ4n) is 1.73. The summed E-state index contributed by atoms with van der Waals surface area (Å²) in [4.78, 5) is 1.18. The van der Waals surface area contributed by atoms with E-state index in [-0.39, 0.29) is 6.04 Å². The molecule has 1 unspecified atom stereocenters. The third-order valence-corrected chi connectivity index (χ3v) is 4.62. The molecule has 1 heterocycles. The molecule has 0 amide bonds. The highest BCUT2D eigenvalue weighted by Gasteiger charge is 2.18. The normalized spacial score (nSPS) is 12.6. The van der Waals surface area contributed by atoms with Gasteiger partial charge in [-0.15, -0.1) is 11.8 Å². The second-order valence-electron chi connectivity index (χ2n) is 3.99. The summed E-state index contributed by atoms with van der Waals surface area (Å²) < 4.78 is 2.81. The van der Waals surface area contributed by atoms with Crippen LogP contribution in [0.3, 0.4) is 0 Å². The number of nitrogens with zero attached hydrogens (tertiary/aromatic N) is 2. The Morgan fingerprint density at radius 2 is 2.16 bits per heavy atom. The van der Waals surface area contributed by atoms with Crippen LogP contribution in [0.5, 0.6) is 0 Å². The summed E-state index contributed by atoms with van der Waals surface area (Å²) in [6, 6.07) is 8.11. The maximum Gasteiger partial charge on any atom is 0.0834 e. The Kier molecular flexibility index (Phi) is 5.29. The smallest absolute Gasteiger partial charge is 0.0834 e. The fourth-order valence-corrected chi connectivity index (χ4v) is 3.23. The average molecular weight is 362 g/mol. The molecule has 0 fully saturated rings. The molecule has 2 aromatic rings. The van der Waals surface area contributed by atoms with Gasteiger partial charge in [0.15, 0.2) is 0 Å². The molecule has 0 spiro atoms. The molecule has 0 bridgehead atoms. The monoisotopic (exact) mass is 360 g/mol. The number of hydrazine groups is 1. The van der Waals surface area contributed by atoms with E-state index < -0.39 is 0 Å². The topological polar surface area (TPSA) is 55.9 Å². The van der Waals surface area contributed by atoms with Crippen molar-refractivity contribution in [1.29, 1.82) is 0 Å². The van der Waals surface area contributed by atoms with Crippen LogP contribution in [0.15, 0.2) is 39.8 Å². The molecule has 0 aliphatic rings. The number of aryl methyl sites for hydroxylation is 1. The molecule has 2 rings (SSSR count). The molecular weight excluding hydrogens is 348 g/mol. The number of thioether (sulfide) groups is 1. The van der Waals surface area contributed by atoms with Gasteiger partial charge in [0.1, 0.15) is 0 Å². The van der Waals surface area contributed by atoms with Crippen molar-refractivity contribution in [1.82, 2.24) is 15.2 Å². The standard InChI is InChI=1S/C12H14BrClN4S/c1-18-12(10(14)6-16-18)11(17-15)7-19-9-4-2-8(13)3-5-9/h2-6,11,17H,7,15H2,1H3. The number of hydrogen-bond donors (Lipinski definition) is 2. The summed E-state index contributed by atoms with van der Waals surface area (Å²) >= 11 is 11.3. The van der Waals surface area contributed by atoms with Crippen LogP contribution in [-0.4, -0.2) is 15.5 Å². The highest BCUT2D eigenvalue weighted by Crippen LogP contribution is 2.28. The molecule has 0 aliphatic carbocycles. The minimum atomic E-state index is -0.0475. The summed E-state index contributed by atoms with van der Waals surface area (Å²) in [6.07, 6.45) is 1.63. The van der Waals surface area contributed by atoms with Crippen LogP contribution in [-0.2, 0) is 7.05 Å². The van der Waals surface area contributed by atoms with Gasteiger partial charge in [-0.1, -0.05) is 27.5 Å². The van der Waals surface area contributed by atoms with Crippen LogP contribution in [0.2, 0.25) is 5.02 Å². The van der Waals surface area contributed by atoms with Crippen molar-refractivity contribution in [3.05, 3.63) is 45.7 Å². The van der Waals surface area contributed by atoms with Crippen molar-refractivity contribution in [2.75, 3.05) is 5.75 Å². The largest absolute Gasteiger partial charge is 0.271 e. The van der Waals surface area contributed by atoms with E-state index in [9.17, 15) is 0 Å². The van der Waals surface area contributed by atoms with Crippen LogP contribution < -0.4 is 11.3 Å². The molecule has 0 saturated heterocycles. The van der Waals surface area contributed by atoms with Crippen molar-refractivity contribution in [2.24, 2.45) is 12.9 Å². The van der Waals surface area contributed by atoms with Gasteiger partial charge in [-0.25, -0.2) is 0 Å². The summed E-state index contributed by atoms with van der Waals surface area (Å²) in [5.41, 5.74) is 3.69. The Hall–Kier alpha value is -0.530. The number of nitrogens with two attached hydrogens (primary N) is 1. The van der Waals surface area contributed by atoms with E-state index in [0.717, 1.165) is 15.9 Å². The minimum absolute atomic E-state index is 0.0475. The number of rotatable bonds is 5. The lowest BCUT2D eigenvalue weighted by atomic mass is 10.2. The molecule has 1 aromatic carbocycles. The second-order valence-corrected chi connectivity index (χ2v) is 6.40.